The maximum Gasteiger partial charge on any atom is 0.142 e. The Balaban J connectivity index is 2.09. The van der Waals surface area contributed by atoms with Crippen LogP contribution in [0.3, 0.4) is 0 Å². The second kappa shape index (κ2) is 6.61. The zero-order valence-corrected chi connectivity index (χ0v) is 13.1. The summed E-state index contributed by atoms with van der Waals surface area (Å²) in [6.45, 7) is 2.78. The summed E-state index contributed by atoms with van der Waals surface area (Å²) >= 11 is 12.1. The zero-order valence-electron chi connectivity index (χ0n) is 11.6. The lowest BCUT2D eigenvalue weighted by Crippen LogP contribution is -2.36. The summed E-state index contributed by atoms with van der Waals surface area (Å²) in [6, 6.07) is 2.63. The van der Waals surface area contributed by atoms with Gasteiger partial charge in [-0.1, -0.05) is 36.0 Å². The number of halogens is 3. The quantitative estimate of drug-likeness (QED) is 0.791. The predicted octanol–water partition coefficient (Wildman–Crippen LogP) is 4.34. The molecule has 112 valence electrons. The number of aliphatic hydroxyl groups excluding tert-OH is 1. The summed E-state index contributed by atoms with van der Waals surface area (Å²) in [4.78, 5) is 0. The van der Waals surface area contributed by atoms with E-state index in [1.165, 1.54) is 12.1 Å². The third-order valence-electron chi connectivity index (χ3n) is 4.30. The lowest BCUT2D eigenvalue weighted by molar-refractivity contribution is 0.125. The minimum Gasteiger partial charge on any atom is -0.396 e. The van der Waals surface area contributed by atoms with E-state index in [1.807, 2.05) is 6.92 Å². The van der Waals surface area contributed by atoms with Gasteiger partial charge in [-0.05, 0) is 31.9 Å². The van der Waals surface area contributed by atoms with Gasteiger partial charge in [0.2, 0.25) is 0 Å². The highest BCUT2D eigenvalue weighted by Crippen LogP contribution is 2.38. The summed E-state index contributed by atoms with van der Waals surface area (Å²) in [7, 11) is 0. The van der Waals surface area contributed by atoms with Crippen molar-refractivity contribution < 1.29 is 9.50 Å². The standard InChI is InChI=1S/C15H20Cl2FNO/c1-10(13-11(16)4-5-12(18)14(13)17)19-8-15(9-20)6-2-3-7-15/h4-5,10,19-20H,2-3,6-9H2,1H3. The molecule has 0 radical (unpaired) electrons. The predicted molar refractivity (Wildman–Crippen MR) is 80.8 cm³/mol. The van der Waals surface area contributed by atoms with Crippen LogP contribution in [0.5, 0.6) is 0 Å². The number of rotatable bonds is 5. The Bertz CT molecular complexity index is 475. The summed E-state index contributed by atoms with van der Waals surface area (Å²) in [5, 5.41) is 13.5. The second-order valence-corrected chi connectivity index (χ2v) is 6.51. The average Bonchev–Trinajstić information content (AvgIpc) is 2.91. The fourth-order valence-corrected chi connectivity index (χ4v) is 3.63. The molecule has 2 N–H and O–H groups in total. The zero-order chi connectivity index (χ0) is 14.8. The Kier molecular flexibility index (Phi) is 5.30. The monoisotopic (exact) mass is 319 g/mol. The van der Waals surface area contributed by atoms with Crippen molar-refractivity contribution in [3.63, 3.8) is 0 Å². The molecule has 1 unspecified atom stereocenters. The van der Waals surface area contributed by atoms with E-state index in [9.17, 15) is 9.50 Å². The van der Waals surface area contributed by atoms with E-state index in [2.05, 4.69) is 5.32 Å². The van der Waals surface area contributed by atoms with Crippen molar-refractivity contribution in [2.75, 3.05) is 13.2 Å². The summed E-state index contributed by atoms with van der Waals surface area (Å²) in [5.41, 5.74) is 0.528. The van der Waals surface area contributed by atoms with E-state index < -0.39 is 5.82 Å². The largest absolute Gasteiger partial charge is 0.396 e. The van der Waals surface area contributed by atoms with E-state index in [4.69, 9.17) is 23.2 Å². The molecule has 0 heterocycles. The van der Waals surface area contributed by atoms with Gasteiger partial charge in [-0.25, -0.2) is 4.39 Å². The summed E-state index contributed by atoms with van der Waals surface area (Å²) in [6.07, 6.45) is 4.35. The minimum absolute atomic E-state index is 0.0550. The Morgan fingerprint density at radius 3 is 2.60 bits per heavy atom. The highest BCUT2D eigenvalue weighted by molar-refractivity contribution is 6.36. The molecule has 0 spiro atoms. The van der Waals surface area contributed by atoms with Gasteiger partial charge >= 0.3 is 0 Å². The van der Waals surface area contributed by atoms with Gasteiger partial charge in [0.1, 0.15) is 5.82 Å². The Morgan fingerprint density at radius 2 is 2.00 bits per heavy atom. The van der Waals surface area contributed by atoms with Crippen LogP contribution in [0, 0.1) is 11.2 Å². The molecule has 1 aromatic carbocycles. The smallest absolute Gasteiger partial charge is 0.142 e. The molecular weight excluding hydrogens is 300 g/mol. The van der Waals surface area contributed by atoms with Gasteiger partial charge in [0.15, 0.2) is 0 Å². The van der Waals surface area contributed by atoms with Crippen molar-refractivity contribution in [1.29, 1.82) is 0 Å². The van der Waals surface area contributed by atoms with Crippen LogP contribution in [0.1, 0.15) is 44.2 Å². The fraction of sp³-hybridized carbons (Fsp3) is 0.600. The Labute approximate surface area is 129 Å². The number of hydrogen-bond donors (Lipinski definition) is 2. The molecule has 1 fully saturated rings. The molecule has 2 rings (SSSR count). The van der Waals surface area contributed by atoms with Gasteiger partial charge < -0.3 is 10.4 Å². The van der Waals surface area contributed by atoms with Crippen molar-refractivity contribution in [2.45, 2.75) is 38.6 Å². The molecule has 0 saturated heterocycles. The van der Waals surface area contributed by atoms with E-state index in [0.717, 1.165) is 25.7 Å². The van der Waals surface area contributed by atoms with Gasteiger partial charge in [0.05, 0.1) is 5.02 Å². The van der Waals surface area contributed by atoms with Crippen molar-refractivity contribution >= 4 is 23.2 Å². The molecule has 0 aliphatic heterocycles. The first-order valence-corrected chi connectivity index (χ1v) is 7.72. The van der Waals surface area contributed by atoms with Crippen LogP contribution in [0.4, 0.5) is 4.39 Å². The molecule has 0 bridgehead atoms. The molecule has 0 aromatic heterocycles. The lowest BCUT2D eigenvalue weighted by Gasteiger charge is -2.29. The molecule has 1 aliphatic rings. The first-order chi connectivity index (χ1) is 9.49. The lowest BCUT2D eigenvalue weighted by atomic mass is 9.87. The maximum atomic E-state index is 13.5. The minimum atomic E-state index is -0.461. The van der Waals surface area contributed by atoms with E-state index >= 15 is 0 Å². The van der Waals surface area contributed by atoms with Crippen molar-refractivity contribution in [3.05, 3.63) is 33.6 Å². The van der Waals surface area contributed by atoms with Gasteiger partial charge in [0, 0.05) is 35.2 Å². The highest BCUT2D eigenvalue weighted by Gasteiger charge is 2.33. The number of aliphatic hydroxyl groups is 1. The summed E-state index contributed by atoms with van der Waals surface area (Å²) in [5.74, 6) is -0.461. The van der Waals surface area contributed by atoms with E-state index in [-0.39, 0.29) is 23.1 Å². The van der Waals surface area contributed by atoms with Crippen molar-refractivity contribution in [1.82, 2.24) is 5.32 Å². The first-order valence-electron chi connectivity index (χ1n) is 6.97. The normalized spacial score (nSPS) is 19.2. The SMILES string of the molecule is CC(NCC1(CO)CCCC1)c1c(Cl)ccc(F)c1Cl. The van der Waals surface area contributed by atoms with Crippen LogP contribution in [-0.2, 0) is 0 Å². The molecule has 1 atom stereocenters. The second-order valence-electron chi connectivity index (χ2n) is 5.72. The first kappa shape index (κ1) is 16.0. The fourth-order valence-electron chi connectivity index (χ4n) is 2.93. The van der Waals surface area contributed by atoms with Gasteiger partial charge in [-0.2, -0.15) is 0 Å². The van der Waals surface area contributed by atoms with Crippen LogP contribution < -0.4 is 5.32 Å². The van der Waals surface area contributed by atoms with Crippen LogP contribution in [0.15, 0.2) is 12.1 Å². The maximum absolute atomic E-state index is 13.5. The molecule has 0 amide bonds. The third-order valence-corrected chi connectivity index (χ3v) is 5.01. The van der Waals surface area contributed by atoms with E-state index in [0.29, 0.717) is 17.1 Å². The van der Waals surface area contributed by atoms with Gasteiger partial charge in [-0.3, -0.25) is 0 Å². The van der Waals surface area contributed by atoms with E-state index in [1.54, 1.807) is 0 Å². The Hall–Kier alpha value is -0.350. The topological polar surface area (TPSA) is 32.3 Å². The van der Waals surface area contributed by atoms with Crippen LogP contribution >= 0.6 is 23.2 Å². The Morgan fingerprint density at radius 1 is 1.35 bits per heavy atom. The molecule has 1 aliphatic carbocycles. The van der Waals surface area contributed by atoms with Crippen LogP contribution in [-0.4, -0.2) is 18.3 Å². The van der Waals surface area contributed by atoms with Crippen LogP contribution in [0.25, 0.3) is 0 Å². The highest BCUT2D eigenvalue weighted by atomic mass is 35.5. The van der Waals surface area contributed by atoms with Gasteiger partial charge in [0.25, 0.3) is 0 Å². The van der Waals surface area contributed by atoms with Crippen LogP contribution in [0.2, 0.25) is 10.0 Å². The van der Waals surface area contributed by atoms with Crippen molar-refractivity contribution in [3.8, 4) is 0 Å². The number of benzene rings is 1. The number of nitrogens with one attached hydrogen (secondary N) is 1. The number of hydrogen-bond acceptors (Lipinski definition) is 2. The molecule has 2 nitrogen and oxygen atoms in total. The average molecular weight is 320 g/mol. The summed E-state index contributed by atoms with van der Waals surface area (Å²) < 4.78 is 13.5. The van der Waals surface area contributed by atoms with Crippen molar-refractivity contribution in [2.24, 2.45) is 5.41 Å². The van der Waals surface area contributed by atoms with Gasteiger partial charge in [-0.15, -0.1) is 0 Å². The molecule has 20 heavy (non-hydrogen) atoms. The molecule has 1 aromatic rings. The molecular formula is C15H20Cl2FNO. The molecule has 5 heteroatoms. The molecule has 1 saturated carbocycles. The third kappa shape index (κ3) is 3.28.